The van der Waals surface area contributed by atoms with Crippen LogP contribution in [-0.2, 0) is 9.59 Å². The average Bonchev–Trinajstić information content (AvgIpc) is 2.03. The SMILES string of the molecule is CC[C@H](C)[C@H](N)C(=O)O.NC=O. The van der Waals surface area contributed by atoms with Gasteiger partial charge in [-0.25, -0.2) is 0 Å². The predicted octanol–water partition coefficient (Wildman–Crippen LogP) is -0.454. The Hall–Kier alpha value is -1.10. The van der Waals surface area contributed by atoms with E-state index in [1.54, 1.807) is 0 Å². The number of carboxylic acids is 1. The summed E-state index contributed by atoms with van der Waals surface area (Å²) in [5, 5.41) is 8.36. The van der Waals surface area contributed by atoms with Crippen LogP contribution in [0, 0.1) is 5.92 Å². The number of carbonyl (C=O) groups is 2. The highest BCUT2D eigenvalue weighted by molar-refractivity contribution is 5.73. The molecule has 0 aliphatic rings. The van der Waals surface area contributed by atoms with Crippen LogP contribution < -0.4 is 11.5 Å². The Morgan fingerprint density at radius 2 is 2.00 bits per heavy atom. The number of hydrogen-bond acceptors (Lipinski definition) is 3. The molecule has 0 aromatic rings. The standard InChI is InChI=1S/C6H13NO2.CH3NO/c1-3-4(2)5(7)6(8)9;2-1-3/h4-5H,3,7H2,1-2H3,(H,8,9);1H,(H2,2,3)/t4-,5-;/m0./s1. The summed E-state index contributed by atoms with van der Waals surface area (Å²) in [6, 6.07) is -0.699. The van der Waals surface area contributed by atoms with Gasteiger partial charge in [0.2, 0.25) is 6.41 Å². The normalized spacial score (nSPS) is 13.6. The maximum atomic E-state index is 10.2. The van der Waals surface area contributed by atoms with E-state index in [0.717, 1.165) is 6.42 Å². The van der Waals surface area contributed by atoms with E-state index in [2.05, 4.69) is 5.73 Å². The number of hydrogen-bond donors (Lipinski definition) is 3. The zero-order chi connectivity index (χ0) is 10.1. The first-order chi connectivity index (χ1) is 5.51. The minimum absolute atomic E-state index is 0.0718. The molecule has 2 atom stereocenters. The monoisotopic (exact) mass is 176 g/mol. The highest BCUT2D eigenvalue weighted by atomic mass is 16.4. The predicted molar refractivity (Wildman–Crippen MR) is 45.3 cm³/mol. The van der Waals surface area contributed by atoms with E-state index in [0.29, 0.717) is 0 Å². The molecule has 0 rings (SSSR count). The third-order valence-corrected chi connectivity index (χ3v) is 1.54. The van der Waals surface area contributed by atoms with Gasteiger partial charge in [0.15, 0.2) is 0 Å². The van der Waals surface area contributed by atoms with Crippen molar-refractivity contribution in [3.05, 3.63) is 0 Å². The van der Waals surface area contributed by atoms with Crippen LogP contribution in [0.3, 0.4) is 0 Å². The summed E-state index contributed by atoms with van der Waals surface area (Å²) in [4.78, 5) is 18.8. The fourth-order valence-corrected chi connectivity index (χ4v) is 0.497. The second-order valence-electron chi connectivity index (χ2n) is 2.39. The zero-order valence-corrected chi connectivity index (χ0v) is 7.36. The maximum Gasteiger partial charge on any atom is 0.320 e. The van der Waals surface area contributed by atoms with E-state index < -0.39 is 12.0 Å². The van der Waals surface area contributed by atoms with Crippen molar-refractivity contribution >= 4 is 12.4 Å². The lowest BCUT2D eigenvalue weighted by molar-refractivity contribution is -0.139. The minimum atomic E-state index is -0.913. The summed E-state index contributed by atoms with van der Waals surface area (Å²) < 4.78 is 0. The van der Waals surface area contributed by atoms with E-state index in [-0.39, 0.29) is 12.3 Å². The Morgan fingerprint density at radius 3 is 2.08 bits per heavy atom. The average molecular weight is 176 g/mol. The number of rotatable bonds is 3. The summed E-state index contributed by atoms with van der Waals surface area (Å²) in [6.07, 6.45) is 1.06. The maximum absolute atomic E-state index is 10.2. The molecule has 12 heavy (non-hydrogen) atoms. The molecule has 0 spiro atoms. The molecular formula is C7H16N2O3. The van der Waals surface area contributed by atoms with Crippen LogP contribution in [0.15, 0.2) is 0 Å². The van der Waals surface area contributed by atoms with Gasteiger partial charge in [0.25, 0.3) is 0 Å². The summed E-state index contributed by atoms with van der Waals surface area (Å²) in [7, 11) is 0. The van der Waals surface area contributed by atoms with Crippen LogP contribution in [0.25, 0.3) is 0 Å². The Balaban J connectivity index is 0. The lowest BCUT2D eigenvalue weighted by Crippen LogP contribution is -2.36. The molecule has 1 amide bonds. The van der Waals surface area contributed by atoms with Gasteiger partial charge in [-0.3, -0.25) is 9.59 Å². The first-order valence-corrected chi connectivity index (χ1v) is 3.64. The third kappa shape index (κ3) is 7.01. The van der Waals surface area contributed by atoms with Crippen molar-refractivity contribution in [2.24, 2.45) is 17.4 Å². The molecule has 0 saturated carbocycles. The number of carboxylic acid groups (broad SMARTS) is 1. The molecule has 0 radical (unpaired) electrons. The third-order valence-electron chi connectivity index (χ3n) is 1.54. The number of amides is 1. The van der Waals surface area contributed by atoms with E-state index in [9.17, 15) is 4.79 Å². The molecule has 5 heteroatoms. The van der Waals surface area contributed by atoms with E-state index in [4.69, 9.17) is 15.6 Å². The summed E-state index contributed by atoms with van der Waals surface area (Å²) in [6.45, 7) is 3.76. The summed E-state index contributed by atoms with van der Waals surface area (Å²) in [5.41, 5.74) is 9.44. The molecule has 0 aliphatic heterocycles. The first kappa shape index (κ1) is 13.5. The summed E-state index contributed by atoms with van der Waals surface area (Å²) >= 11 is 0. The Labute approximate surface area is 71.7 Å². The molecular weight excluding hydrogens is 160 g/mol. The highest BCUT2D eigenvalue weighted by Crippen LogP contribution is 2.04. The molecule has 0 unspecified atom stereocenters. The van der Waals surface area contributed by atoms with Gasteiger partial charge < -0.3 is 16.6 Å². The molecule has 5 nitrogen and oxygen atoms in total. The lowest BCUT2D eigenvalue weighted by atomic mass is 10.0. The van der Waals surface area contributed by atoms with Gasteiger partial charge in [0.1, 0.15) is 6.04 Å². The van der Waals surface area contributed by atoms with Gasteiger partial charge in [0, 0.05) is 0 Å². The number of nitrogens with two attached hydrogens (primary N) is 2. The molecule has 0 aromatic heterocycles. The smallest absolute Gasteiger partial charge is 0.320 e. The van der Waals surface area contributed by atoms with Crippen molar-refractivity contribution in [2.75, 3.05) is 0 Å². The summed E-state index contributed by atoms with van der Waals surface area (Å²) in [5.74, 6) is -0.841. The molecule has 5 N–H and O–H groups in total. The van der Waals surface area contributed by atoms with Crippen molar-refractivity contribution in [1.29, 1.82) is 0 Å². The van der Waals surface area contributed by atoms with Gasteiger partial charge in [-0.15, -0.1) is 0 Å². The Morgan fingerprint density at radius 1 is 1.67 bits per heavy atom. The van der Waals surface area contributed by atoms with Crippen LogP contribution in [-0.4, -0.2) is 23.5 Å². The Bertz CT molecular complexity index is 139. The Kier molecular flexibility index (Phi) is 8.99. The molecule has 0 saturated heterocycles. The van der Waals surface area contributed by atoms with Crippen molar-refractivity contribution in [2.45, 2.75) is 26.3 Å². The fraction of sp³-hybridized carbons (Fsp3) is 0.714. The van der Waals surface area contributed by atoms with Crippen molar-refractivity contribution in [3.8, 4) is 0 Å². The molecule has 0 fully saturated rings. The molecule has 0 aromatic carbocycles. The fourth-order valence-electron chi connectivity index (χ4n) is 0.497. The second kappa shape index (κ2) is 8.00. The second-order valence-corrected chi connectivity index (χ2v) is 2.39. The first-order valence-electron chi connectivity index (χ1n) is 3.64. The lowest BCUT2D eigenvalue weighted by Gasteiger charge is -2.11. The van der Waals surface area contributed by atoms with Gasteiger partial charge in [-0.2, -0.15) is 0 Å². The highest BCUT2D eigenvalue weighted by Gasteiger charge is 2.17. The molecule has 0 bridgehead atoms. The van der Waals surface area contributed by atoms with Crippen LogP contribution in [0.1, 0.15) is 20.3 Å². The molecule has 72 valence electrons. The van der Waals surface area contributed by atoms with Crippen LogP contribution >= 0.6 is 0 Å². The van der Waals surface area contributed by atoms with Gasteiger partial charge in [-0.1, -0.05) is 20.3 Å². The minimum Gasteiger partial charge on any atom is -0.480 e. The van der Waals surface area contributed by atoms with Crippen molar-refractivity contribution in [3.63, 3.8) is 0 Å². The van der Waals surface area contributed by atoms with Gasteiger partial charge >= 0.3 is 5.97 Å². The topological polar surface area (TPSA) is 106 Å². The van der Waals surface area contributed by atoms with E-state index >= 15 is 0 Å². The van der Waals surface area contributed by atoms with Crippen LogP contribution in [0.4, 0.5) is 0 Å². The van der Waals surface area contributed by atoms with Crippen molar-refractivity contribution in [1.82, 2.24) is 0 Å². The van der Waals surface area contributed by atoms with Gasteiger partial charge in [-0.05, 0) is 5.92 Å². The van der Waals surface area contributed by atoms with Crippen LogP contribution in [0.5, 0.6) is 0 Å². The van der Waals surface area contributed by atoms with E-state index in [1.165, 1.54) is 0 Å². The molecule has 0 aliphatic carbocycles. The largest absolute Gasteiger partial charge is 0.480 e. The quantitative estimate of drug-likeness (QED) is 0.506. The van der Waals surface area contributed by atoms with Gasteiger partial charge in [0.05, 0.1) is 0 Å². The number of primary amides is 1. The molecule has 0 heterocycles. The zero-order valence-electron chi connectivity index (χ0n) is 7.36. The number of carbonyl (C=O) groups excluding carboxylic acids is 1. The number of aliphatic carboxylic acids is 1. The van der Waals surface area contributed by atoms with Crippen molar-refractivity contribution < 1.29 is 14.7 Å². The van der Waals surface area contributed by atoms with Crippen LogP contribution in [0.2, 0.25) is 0 Å². The van der Waals surface area contributed by atoms with E-state index in [1.807, 2.05) is 13.8 Å².